The number of piperidine rings is 1. The molecule has 2 aliphatic rings. The number of ether oxygens (including phenoxy) is 3. The summed E-state index contributed by atoms with van der Waals surface area (Å²) in [5.41, 5.74) is 3.42. The van der Waals surface area contributed by atoms with Crippen molar-refractivity contribution in [2.24, 2.45) is 17.3 Å². The number of nitrogens with zero attached hydrogens (tertiary/aromatic N) is 4. The molecular formula is C57H86ClN5O6. The molecule has 3 aromatic rings. The Labute approximate surface area is 420 Å². The molecule has 0 spiro atoms. The molecular weight excluding hydrogens is 886 g/mol. The van der Waals surface area contributed by atoms with Crippen molar-refractivity contribution < 1.29 is 28.6 Å². The van der Waals surface area contributed by atoms with Crippen LogP contribution in [0.3, 0.4) is 0 Å². The normalized spacial score (nSPS) is 14.6. The van der Waals surface area contributed by atoms with Crippen LogP contribution in [0, 0.1) is 24.2 Å². The molecule has 1 aliphatic carbocycles. The van der Waals surface area contributed by atoms with Crippen molar-refractivity contribution in [3.63, 3.8) is 0 Å². The van der Waals surface area contributed by atoms with Gasteiger partial charge in [0.15, 0.2) is 0 Å². The van der Waals surface area contributed by atoms with Crippen molar-refractivity contribution in [1.29, 1.82) is 0 Å². The van der Waals surface area contributed by atoms with E-state index in [4.69, 9.17) is 30.8 Å². The van der Waals surface area contributed by atoms with E-state index in [2.05, 4.69) is 29.0 Å². The van der Waals surface area contributed by atoms with Gasteiger partial charge in [-0.25, -0.2) is 9.97 Å². The van der Waals surface area contributed by atoms with E-state index in [1.54, 1.807) is 13.3 Å². The van der Waals surface area contributed by atoms with E-state index >= 15 is 0 Å². The van der Waals surface area contributed by atoms with E-state index in [0.29, 0.717) is 55.3 Å². The molecule has 1 saturated carbocycles. The van der Waals surface area contributed by atoms with Crippen LogP contribution in [0.4, 0.5) is 11.5 Å². The first-order chi connectivity index (χ1) is 33.5. The van der Waals surface area contributed by atoms with E-state index in [0.717, 1.165) is 87.3 Å². The molecule has 1 atom stereocenters. The number of unbranched alkanes of at least 4 members (excludes halogenated alkanes) is 15. The minimum Gasteiger partial charge on any atom is -0.497 e. The number of hydrogen-bond acceptors (Lipinski definition) is 9. The zero-order chi connectivity index (χ0) is 49.3. The number of halogens is 1. The van der Waals surface area contributed by atoms with Crippen LogP contribution < -0.4 is 24.6 Å². The molecule has 0 bridgehead atoms. The molecule has 1 N–H and O–H groups in total. The summed E-state index contributed by atoms with van der Waals surface area (Å²) in [4.78, 5) is 52.2. The van der Waals surface area contributed by atoms with Crippen molar-refractivity contribution in [3.8, 4) is 11.6 Å². The van der Waals surface area contributed by atoms with Gasteiger partial charge >= 0.3 is 5.97 Å². The Bertz CT molecular complexity index is 1980. The Balaban J connectivity index is 1.05. The maximum atomic E-state index is 15.0. The number of hydrogen-bond donors (Lipinski definition) is 1. The molecule has 2 fully saturated rings. The number of esters is 1. The Hall–Kier alpha value is -4.38. The number of pyridine rings is 2. The lowest BCUT2D eigenvalue weighted by molar-refractivity contribution is -0.143. The number of rotatable bonds is 34. The summed E-state index contributed by atoms with van der Waals surface area (Å²) in [5, 5.41) is 2.84. The van der Waals surface area contributed by atoms with Gasteiger partial charge in [0.05, 0.1) is 38.0 Å². The minimum atomic E-state index is -0.148. The van der Waals surface area contributed by atoms with Crippen molar-refractivity contribution in [3.05, 3.63) is 71.5 Å². The van der Waals surface area contributed by atoms with E-state index in [-0.39, 0.29) is 35.0 Å². The predicted molar refractivity (Wildman–Crippen MR) is 281 cm³/mol. The Morgan fingerprint density at radius 1 is 0.841 bits per heavy atom. The van der Waals surface area contributed by atoms with Gasteiger partial charge in [0.2, 0.25) is 11.8 Å². The quantitative estimate of drug-likeness (QED) is 0.0354. The lowest BCUT2D eigenvalue weighted by Crippen LogP contribution is -2.41. The fourth-order valence-corrected chi connectivity index (χ4v) is 9.98. The van der Waals surface area contributed by atoms with Gasteiger partial charge in [0.1, 0.15) is 17.4 Å². The maximum Gasteiger partial charge on any atom is 0.306 e. The number of aromatic nitrogens is 2. The Morgan fingerprint density at radius 2 is 1.48 bits per heavy atom. The lowest BCUT2D eigenvalue weighted by Gasteiger charge is -2.36. The average molecular weight is 973 g/mol. The molecule has 1 aliphatic heterocycles. The van der Waals surface area contributed by atoms with Crippen LogP contribution in [0.15, 0.2) is 54.7 Å². The fraction of sp³-hybridized carbons (Fsp3) is 0.667. The monoisotopic (exact) mass is 972 g/mol. The van der Waals surface area contributed by atoms with E-state index in [1.165, 1.54) is 89.9 Å². The summed E-state index contributed by atoms with van der Waals surface area (Å²) in [6.45, 7) is 12.3. The zero-order valence-corrected chi connectivity index (χ0v) is 43.8. The summed E-state index contributed by atoms with van der Waals surface area (Å²) >= 11 is 5.52. The van der Waals surface area contributed by atoms with Gasteiger partial charge in [-0.15, -0.1) is 11.6 Å². The van der Waals surface area contributed by atoms with Crippen molar-refractivity contribution >= 4 is 40.9 Å². The smallest absolute Gasteiger partial charge is 0.306 e. The average Bonchev–Trinajstić information content (AvgIpc) is 4.20. The number of methoxy groups -OCH3 is 1. The van der Waals surface area contributed by atoms with E-state index in [1.807, 2.05) is 67.3 Å². The minimum absolute atomic E-state index is 0.0405. The molecule has 1 aromatic carbocycles. The van der Waals surface area contributed by atoms with Gasteiger partial charge in [-0.2, -0.15) is 0 Å². The second-order valence-electron chi connectivity index (χ2n) is 20.6. The Kier molecular flexibility index (Phi) is 24.5. The molecule has 1 saturated heterocycles. The first kappa shape index (κ1) is 55.5. The number of anilines is 2. The SMILES string of the molecule is CCOC(=O)C[C@H](c1ccnc(OCC2CCN(c3cc(OC)ccc3C(=O)N(CC(C)(C)CCCCCCCCCCCCCCCCCCNC(=O)CCl)c3cccc(C)n3)CC2)c1)C1CC1. The fourth-order valence-electron chi connectivity index (χ4n) is 9.88. The molecule has 3 heterocycles. The number of amides is 2. The molecule has 0 radical (unpaired) electrons. The van der Waals surface area contributed by atoms with Gasteiger partial charge in [-0.05, 0) is 111 Å². The van der Waals surface area contributed by atoms with Crippen LogP contribution in [-0.4, -0.2) is 80.1 Å². The highest BCUT2D eigenvalue weighted by atomic mass is 35.5. The number of alkyl halides is 1. The van der Waals surface area contributed by atoms with Crippen molar-refractivity contribution in [2.75, 3.05) is 62.2 Å². The third-order valence-corrected chi connectivity index (χ3v) is 14.4. The van der Waals surface area contributed by atoms with Gasteiger partial charge < -0.3 is 24.4 Å². The van der Waals surface area contributed by atoms with Gasteiger partial charge in [-0.1, -0.05) is 116 Å². The largest absolute Gasteiger partial charge is 0.497 e. The van der Waals surface area contributed by atoms with Crippen LogP contribution in [0.5, 0.6) is 11.6 Å². The Morgan fingerprint density at radius 3 is 2.07 bits per heavy atom. The maximum absolute atomic E-state index is 15.0. The van der Waals surface area contributed by atoms with Crippen LogP contribution in [0.2, 0.25) is 0 Å². The van der Waals surface area contributed by atoms with Crippen LogP contribution >= 0.6 is 11.6 Å². The topological polar surface area (TPSA) is 123 Å². The first-order valence-electron chi connectivity index (χ1n) is 26.8. The van der Waals surface area contributed by atoms with Crippen LogP contribution in [0.25, 0.3) is 0 Å². The van der Waals surface area contributed by atoms with Crippen molar-refractivity contribution in [2.45, 2.75) is 175 Å². The van der Waals surface area contributed by atoms with Gasteiger partial charge in [0.25, 0.3) is 5.91 Å². The second kappa shape index (κ2) is 30.4. The van der Waals surface area contributed by atoms with Gasteiger partial charge in [0, 0.05) is 50.2 Å². The summed E-state index contributed by atoms with van der Waals surface area (Å²) in [7, 11) is 1.68. The summed E-state index contributed by atoms with van der Waals surface area (Å²) < 4.78 is 17.3. The molecule has 12 heteroatoms. The number of benzene rings is 1. The summed E-state index contributed by atoms with van der Waals surface area (Å²) in [6, 6.07) is 15.8. The molecule has 11 nitrogen and oxygen atoms in total. The highest BCUT2D eigenvalue weighted by molar-refractivity contribution is 6.27. The molecule has 382 valence electrons. The number of carbonyl (C=O) groups excluding carboxylic acids is 3. The summed E-state index contributed by atoms with van der Waals surface area (Å²) in [5.74, 6) is 2.78. The highest BCUT2D eigenvalue weighted by Gasteiger charge is 2.35. The number of nitrogens with one attached hydrogen (secondary N) is 1. The number of carbonyl (C=O) groups is 3. The standard InChI is InChI=1S/C57H86ClN5O6/c1-6-68-55(65)40-50(46-26-27-46)47-30-35-60-54(38-47)69-42-45-31-36-62(37-32-45)51-39-48(67-5)28-29-49(51)56(66)63(52-25-23-24-44(2)61-52)43-57(3,4)33-21-19-17-15-13-11-9-7-8-10-12-14-16-18-20-22-34-59-53(64)41-58/h23-25,28-30,35,38-39,45-46,50H,6-22,26-27,31-34,36-37,40-43H2,1-5H3,(H,59,64)/t50-/m0/s1. The second-order valence-corrected chi connectivity index (χ2v) is 20.9. The van der Waals surface area contributed by atoms with Crippen molar-refractivity contribution in [1.82, 2.24) is 15.3 Å². The molecule has 69 heavy (non-hydrogen) atoms. The third-order valence-electron chi connectivity index (χ3n) is 14.1. The number of aryl methyl sites for hydroxylation is 1. The molecule has 2 aromatic heterocycles. The summed E-state index contributed by atoms with van der Waals surface area (Å²) in [6.07, 6.45) is 27.7. The van der Waals surface area contributed by atoms with Gasteiger partial charge in [-0.3, -0.25) is 19.3 Å². The highest BCUT2D eigenvalue weighted by Crippen LogP contribution is 2.45. The van der Waals surface area contributed by atoms with Crippen LogP contribution in [0.1, 0.15) is 190 Å². The molecule has 5 rings (SSSR count). The first-order valence-corrected chi connectivity index (χ1v) is 27.3. The van der Waals surface area contributed by atoms with Crippen LogP contribution in [-0.2, 0) is 14.3 Å². The van der Waals surface area contributed by atoms with E-state index in [9.17, 15) is 14.4 Å². The lowest BCUT2D eigenvalue weighted by atomic mass is 9.85. The molecule has 2 amide bonds. The third kappa shape index (κ3) is 20.1. The zero-order valence-electron chi connectivity index (χ0n) is 43.1. The van der Waals surface area contributed by atoms with E-state index < -0.39 is 0 Å². The molecule has 0 unspecified atom stereocenters. The predicted octanol–water partition coefficient (Wildman–Crippen LogP) is 13.2.